The van der Waals surface area contributed by atoms with Gasteiger partial charge in [0.1, 0.15) is 0 Å². The van der Waals surface area contributed by atoms with E-state index in [-0.39, 0.29) is 23.2 Å². The number of thiol groups is 1. The third kappa shape index (κ3) is 4.25. The van der Waals surface area contributed by atoms with Gasteiger partial charge in [0.15, 0.2) is 0 Å². The number of carbonyl (C=O) groups is 2. The molecule has 9 heteroatoms. The largest absolute Gasteiger partial charge is 0.364 e. The summed E-state index contributed by atoms with van der Waals surface area (Å²) < 4.78 is 0. The van der Waals surface area contributed by atoms with Gasteiger partial charge in [0.05, 0.1) is 27.1 Å². The number of anilines is 1. The number of imide groups is 1. The van der Waals surface area contributed by atoms with Crippen molar-refractivity contribution in [2.45, 2.75) is 62.3 Å². The number of carbonyl (C=O) groups excluding carboxylic acids is 2. The summed E-state index contributed by atoms with van der Waals surface area (Å²) in [4.78, 5) is 31.1. The van der Waals surface area contributed by atoms with Crippen LogP contribution in [-0.4, -0.2) is 52.8 Å². The molecule has 0 radical (unpaired) electrons. The number of hydrogen-bond acceptors (Lipinski definition) is 6. The van der Waals surface area contributed by atoms with Crippen molar-refractivity contribution in [3.63, 3.8) is 0 Å². The molecular weight excluding hydrogens is 503 g/mol. The first-order valence-electron chi connectivity index (χ1n) is 12.2. The highest BCUT2D eigenvalue weighted by Crippen LogP contribution is 2.41. The molecule has 6 nitrogen and oxygen atoms in total. The number of nitrogens with one attached hydrogen (secondary N) is 1. The average molecular weight is 532 g/mol. The SMILES string of the molecule is O=C1CCC(N2Cc3ccc(CN4CC5CCC4CN5c4cccc(Cl)c4Cl)cc3C2S)C(=O)N1. The van der Waals surface area contributed by atoms with Crippen LogP contribution in [0.4, 0.5) is 5.69 Å². The van der Waals surface area contributed by atoms with Crippen molar-refractivity contribution in [2.24, 2.45) is 0 Å². The Bertz CT molecular complexity index is 1190. The zero-order valence-corrected chi connectivity index (χ0v) is 21.7. The van der Waals surface area contributed by atoms with Gasteiger partial charge in [-0.2, -0.15) is 12.6 Å². The van der Waals surface area contributed by atoms with E-state index in [4.69, 9.17) is 35.8 Å². The standard InChI is InChI=1S/C26H28Cl2N4O2S/c27-20-2-1-3-21(24(20)28)31-14-17-6-7-18(31)13-30(17)11-15-4-5-16-12-32(26(35)19(16)10-15)22-8-9-23(33)29-25(22)34/h1-5,10,17-18,22,26,35H,6-9,11-14H2,(H,29,33,34). The Morgan fingerprint density at radius 1 is 1.03 bits per heavy atom. The molecule has 5 aliphatic rings. The summed E-state index contributed by atoms with van der Waals surface area (Å²) in [5, 5.41) is 3.58. The van der Waals surface area contributed by atoms with Crippen LogP contribution in [0, 0.1) is 0 Å². The molecule has 4 fully saturated rings. The third-order valence-corrected chi connectivity index (χ3v) is 9.42. The Hall–Kier alpha value is -1.77. The fourth-order valence-electron chi connectivity index (χ4n) is 6.22. The second-order valence-electron chi connectivity index (χ2n) is 10.1. The molecular formula is C26H28Cl2N4O2S. The maximum atomic E-state index is 12.4. The summed E-state index contributed by atoms with van der Waals surface area (Å²) >= 11 is 17.7. The molecule has 2 aromatic carbocycles. The average Bonchev–Trinajstić information content (AvgIpc) is 3.17. The fraction of sp³-hybridized carbons (Fsp3) is 0.462. The van der Waals surface area contributed by atoms with Gasteiger partial charge in [0.25, 0.3) is 0 Å². The van der Waals surface area contributed by atoms with Gasteiger partial charge in [-0.05, 0) is 48.1 Å². The molecule has 2 amide bonds. The zero-order chi connectivity index (χ0) is 24.3. The lowest BCUT2D eigenvalue weighted by Gasteiger charge is -2.52. The van der Waals surface area contributed by atoms with Crippen molar-refractivity contribution in [2.75, 3.05) is 18.0 Å². The van der Waals surface area contributed by atoms with Crippen molar-refractivity contribution in [1.29, 1.82) is 0 Å². The van der Waals surface area contributed by atoms with Gasteiger partial charge in [-0.25, -0.2) is 0 Å². The van der Waals surface area contributed by atoms with Gasteiger partial charge in [0, 0.05) is 44.7 Å². The van der Waals surface area contributed by atoms with Crippen LogP contribution in [0.15, 0.2) is 36.4 Å². The lowest BCUT2D eigenvalue weighted by Crippen LogP contribution is -2.62. The van der Waals surface area contributed by atoms with Crippen LogP contribution in [0.2, 0.25) is 10.0 Å². The van der Waals surface area contributed by atoms with Crippen LogP contribution in [0.5, 0.6) is 0 Å². The summed E-state index contributed by atoms with van der Waals surface area (Å²) in [6, 6.07) is 13.1. The highest BCUT2D eigenvalue weighted by Gasteiger charge is 2.41. The van der Waals surface area contributed by atoms with E-state index in [1.54, 1.807) is 0 Å². The van der Waals surface area contributed by atoms with Gasteiger partial charge >= 0.3 is 0 Å². The molecule has 4 unspecified atom stereocenters. The number of rotatable bonds is 4. The summed E-state index contributed by atoms with van der Waals surface area (Å²) in [5.41, 5.74) is 4.69. The van der Waals surface area contributed by atoms with Gasteiger partial charge in [-0.15, -0.1) is 0 Å². The van der Waals surface area contributed by atoms with Gasteiger partial charge in [-0.3, -0.25) is 24.7 Å². The molecule has 0 aliphatic carbocycles. The first-order valence-corrected chi connectivity index (χ1v) is 13.5. The van der Waals surface area contributed by atoms with Crippen LogP contribution >= 0.6 is 35.8 Å². The van der Waals surface area contributed by atoms with Crippen molar-refractivity contribution < 1.29 is 9.59 Å². The molecule has 4 atom stereocenters. The van der Waals surface area contributed by atoms with E-state index in [2.05, 4.69) is 44.3 Å². The molecule has 5 heterocycles. The van der Waals surface area contributed by atoms with Gasteiger partial charge in [-0.1, -0.05) is 47.5 Å². The molecule has 2 aromatic rings. The minimum atomic E-state index is -0.312. The van der Waals surface area contributed by atoms with E-state index in [1.807, 2.05) is 12.1 Å². The van der Waals surface area contributed by atoms with E-state index >= 15 is 0 Å². The number of hydrogen-bond donors (Lipinski definition) is 2. The predicted octanol–water partition coefficient (Wildman–Crippen LogP) is 4.40. The Morgan fingerprint density at radius 3 is 2.63 bits per heavy atom. The van der Waals surface area contributed by atoms with Crippen LogP contribution in [0.1, 0.15) is 47.7 Å². The first kappa shape index (κ1) is 23.6. The van der Waals surface area contributed by atoms with Crippen LogP contribution in [-0.2, 0) is 22.7 Å². The monoisotopic (exact) mass is 530 g/mol. The van der Waals surface area contributed by atoms with E-state index in [9.17, 15) is 9.59 Å². The van der Waals surface area contributed by atoms with Crippen LogP contribution < -0.4 is 10.2 Å². The molecule has 4 saturated heterocycles. The highest BCUT2D eigenvalue weighted by molar-refractivity contribution is 7.80. The smallest absolute Gasteiger partial charge is 0.243 e. The maximum Gasteiger partial charge on any atom is 0.243 e. The number of fused-ring (bicyclic) bond motifs is 4. The zero-order valence-electron chi connectivity index (χ0n) is 19.3. The van der Waals surface area contributed by atoms with Gasteiger partial charge in [0.2, 0.25) is 11.8 Å². The van der Waals surface area contributed by atoms with Crippen molar-refractivity contribution in [1.82, 2.24) is 15.1 Å². The highest BCUT2D eigenvalue weighted by atomic mass is 35.5. The second-order valence-corrected chi connectivity index (χ2v) is 11.4. The van der Waals surface area contributed by atoms with Gasteiger partial charge < -0.3 is 4.90 Å². The summed E-state index contributed by atoms with van der Waals surface area (Å²) in [7, 11) is 0. The molecule has 2 bridgehead atoms. The lowest BCUT2D eigenvalue weighted by molar-refractivity contribution is -0.137. The minimum Gasteiger partial charge on any atom is -0.364 e. The molecule has 0 aromatic heterocycles. The number of piperidine rings is 3. The number of piperazine rings is 1. The molecule has 0 spiro atoms. The van der Waals surface area contributed by atoms with Crippen molar-refractivity contribution in [3.05, 3.63) is 63.1 Å². The van der Waals surface area contributed by atoms with Crippen molar-refractivity contribution in [3.8, 4) is 0 Å². The van der Waals surface area contributed by atoms with Crippen LogP contribution in [0.3, 0.4) is 0 Å². The van der Waals surface area contributed by atoms with E-state index < -0.39 is 0 Å². The number of halogens is 2. The topological polar surface area (TPSA) is 55.9 Å². The van der Waals surface area contributed by atoms with E-state index in [0.29, 0.717) is 41.5 Å². The number of nitrogens with zero attached hydrogens (tertiary/aromatic N) is 3. The first-order chi connectivity index (χ1) is 16.9. The fourth-order valence-corrected chi connectivity index (χ4v) is 7.11. The molecule has 35 heavy (non-hydrogen) atoms. The summed E-state index contributed by atoms with van der Waals surface area (Å²) in [5.74, 6) is -0.393. The molecule has 5 aliphatic heterocycles. The predicted molar refractivity (Wildman–Crippen MR) is 141 cm³/mol. The summed E-state index contributed by atoms with van der Waals surface area (Å²) in [6.07, 6.45) is 3.27. The lowest BCUT2D eigenvalue weighted by atomic mass is 9.89. The number of amides is 2. The molecule has 1 N–H and O–H groups in total. The molecule has 0 saturated carbocycles. The Balaban J connectivity index is 1.15. The quantitative estimate of drug-likeness (QED) is 0.453. The Kier molecular flexibility index (Phi) is 6.26. The number of benzene rings is 2. The third-order valence-electron chi connectivity index (χ3n) is 8.04. The normalized spacial score (nSPS) is 28.9. The minimum absolute atomic E-state index is 0.146. The van der Waals surface area contributed by atoms with E-state index in [0.717, 1.165) is 31.7 Å². The molecule has 184 valence electrons. The van der Waals surface area contributed by atoms with Crippen LogP contribution in [0.25, 0.3) is 0 Å². The molecule has 7 rings (SSSR count). The van der Waals surface area contributed by atoms with Crippen molar-refractivity contribution >= 4 is 53.3 Å². The maximum absolute atomic E-state index is 12.4. The van der Waals surface area contributed by atoms with E-state index in [1.165, 1.54) is 23.1 Å². The Labute approximate surface area is 220 Å². The second kappa shape index (κ2) is 9.27. The summed E-state index contributed by atoms with van der Waals surface area (Å²) in [6.45, 7) is 3.52. The Morgan fingerprint density at radius 2 is 1.86 bits per heavy atom.